The van der Waals surface area contributed by atoms with E-state index in [1.54, 1.807) is 0 Å². The molecule has 0 spiro atoms. The number of carbonyl (C=O) groups is 1. The fourth-order valence-electron chi connectivity index (χ4n) is 8.07. The van der Waals surface area contributed by atoms with Crippen LogP contribution in [0.4, 0.5) is 0 Å². The van der Waals surface area contributed by atoms with Gasteiger partial charge in [-0.2, -0.15) is 0 Å². The van der Waals surface area contributed by atoms with Crippen LogP contribution in [0.1, 0.15) is 94.5 Å². The van der Waals surface area contributed by atoms with Crippen molar-refractivity contribution in [3.63, 3.8) is 0 Å². The van der Waals surface area contributed by atoms with Crippen molar-refractivity contribution in [1.29, 1.82) is 0 Å². The highest BCUT2D eigenvalue weighted by Gasteiger charge is 2.44. The number of nitrogens with one attached hydrogen (secondary N) is 1. The van der Waals surface area contributed by atoms with Crippen LogP contribution >= 0.6 is 0 Å². The van der Waals surface area contributed by atoms with E-state index in [-0.39, 0.29) is 22.9 Å². The Bertz CT molecular complexity index is 1450. The summed E-state index contributed by atoms with van der Waals surface area (Å²) >= 11 is 0. The molecule has 2 saturated heterocycles. The molecule has 2 aromatic heterocycles. The zero-order chi connectivity index (χ0) is 27.1. The summed E-state index contributed by atoms with van der Waals surface area (Å²) in [6.45, 7) is 4.71. The van der Waals surface area contributed by atoms with Crippen molar-refractivity contribution >= 4 is 17.3 Å². The molecule has 4 heterocycles. The summed E-state index contributed by atoms with van der Waals surface area (Å²) in [5.74, 6) is 1.66. The van der Waals surface area contributed by atoms with Gasteiger partial charge in [-0.1, -0.05) is 45.2 Å². The molecule has 206 valence electrons. The summed E-state index contributed by atoms with van der Waals surface area (Å²) in [7, 11) is 0. The lowest BCUT2D eigenvalue weighted by Gasteiger charge is -2.54. The molecule has 6 rings (SSSR count). The molecular weight excluding hydrogens is 488 g/mol. The Hall–Kier alpha value is -3.06. The lowest BCUT2D eigenvalue weighted by molar-refractivity contribution is -0.0431. The third-order valence-electron chi connectivity index (χ3n) is 9.95. The molecule has 1 aliphatic carbocycles. The summed E-state index contributed by atoms with van der Waals surface area (Å²) in [5, 5.41) is 0. The quantitative estimate of drug-likeness (QED) is 0.413. The standard InChI is InChI=1S/C32H40N4O3/c1-3-20-12-21(4-2)14-26(13-20)35-24-8-7-9-25(35)17-27(16-24)36-29-11-6-5-10-28(29)34-30(32(36)39)22-15-23(19-37)31(38)33-18-22/h5-6,10-11,15,18-21,24-27H,3-4,7-9,12-14,16-17H2,1-2H3,(H,33,38). The number of pyridine rings is 1. The van der Waals surface area contributed by atoms with Gasteiger partial charge in [0.1, 0.15) is 5.69 Å². The first-order valence-corrected chi connectivity index (χ1v) is 15.0. The van der Waals surface area contributed by atoms with E-state index in [9.17, 15) is 14.4 Å². The molecule has 1 N–H and O–H groups in total. The van der Waals surface area contributed by atoms with Crippen LogP contribution in [0.3, 0.4) is 0 Å². The van der Waals surface area contributed by atoms with Gasteiger partial charge in [-0.25, -0.2) is 4.98 Å². The van der Waals surface area contributed by atoms with E-state index < -0.39 is 5.56 Å². The summed E-state index contributed by atoms with van der Waals surface area (Å²) in [4.78, 5) is 47.8. The van der Waals surface area contributed by atoms with Gasteiger partial charge in [0.05, 0.1) is 16.6 Å². The second-order valence-corrected chi connectivity index (χ2v) is 12.1. The SMILES string of the molecule is CCC1CC(CC)CC(N2C3CCCC2CC(n2c(=O)c(-c4c[nH]c(=O)c(C=O)c4)nc4ccccc42)C3)C1. The van der Waals surface area contributed by atoms with Gasteiger partial charge in [-0.3, -0.25) is 19.3 Å². The van der Waals surface area contributed by atoms with Crippen LogP contribution < -0.4 is 11.1 Å². The lowest BCUT2D eigenvalue weighted by atomic mass is 9.72. The van der Waals surface area contributed by atoms with Crippen LogP contribution in [0, 0.1) is 11.8 Å². The second-order valence-electron chi connectivity index (χ2n) is 12.1. The number of benzene rings is 1. The molecule has 2 bridgehead atoms. The molecule has 0 amide bonds. The average Bonchev–Trinajstić information content (AvgIpc) is 2.96. The van der Waals surface area contributed by atoms with E-state index >= 15 is 0 Å². The van der Waals surface area contributed by atoms with Gasteiger partial charge in [-0.05, 0) is 75.0 Å². The first-order chi connectivity index (χ1) is 19.0. The summed E-state index contributed by atoms with van der Waals surface area (Å²) in [5.41, 5.74) is 1.75. The molecule has 2 aliphatic heterocycles. The maximum atomic E-state index is 14.1. The van der Waals surface area contributed by atoms with Crippen LogP contribution in [0.5, 0.6) is 0 Å². The van der Waals surface area contributed by atoms with Gasteiger partial charge in [0, 0.05) is 35.9 Å². The molecular formula is C32H40N4O3. The molecule has 3 aromatic rings. The summed E-state index contributed by atoms with van der Waals surface area (Å²) < 4.78 is 1.98. The zero-order valence-electron chi connectivity index (χ0n) is 23.1. The number of fused-ring (bicyclic) bond motifs is 3. The summed E-state index contributed by atoms with van der Waals surface area (Å²) in [6.07, 6.45) is 14.2. The molecule has 4 unspecified atom stereocenters. The number of hydrogen-bond acceptors (Lipinski definition) is 5. The number of piperidine rings is 2. The van der Waals surface area contributed by atoms with Crippen molar-refractivity contribution in [3.8, 4) is 11.3 Å². The molecule has 0 radical (unpaired) electrons. The van der Waals surface area contributed by atoms with Crippen molar-refractivity contribution in [3.05, 3.63) is 62.8 Å². The average molecular weight is 529 g/mol. The van der Waals surface area contributed by atoms with E-state index in [0.717, 1.165) is 35.7 Å². The molecule has 1 aromatic carbocycles. The first-order valence-electron chi connectivity index (χ1n) is 15.0. The highest BCUT2D eigenvalue weighted by Crippen LogP contribution is 2.45. The smallest absolute Gasteiger partial charge is 0.277 e. The molecule has 3 aliphatic rings. The van der Waals surface area contributed by atoms with Gasteiger partial charge in [0.25, 0.3) is 11.1 Å². The number of aromatic nitrogens is 3. The first kappa shape index (κ1) is 26.2. The Labute approximate surface area is 229 Å². The number of aromatic amines is 1. The van der Waals surface area contributed by atoms with Gasteiger partial charge >= 0.3 is 0 Å². The minimum atomic E-state index is -0.464. The van der Waals surface area contributed by atoms with Crippen LogP contribution in [-0.4, -0.2) is 43.8 Å². The number of H-pyrrole nitrogens is 1. The zero-order valence-corrected chi connectivity index (χ0v) is 23.1. The van der Waals surface area contributed by atoms with Gasteiger partial charge in [0.2, 0.25) is 0 Å². The van der Waals surface area contributed by atoms with Gasteiger partial charge in [0.15, 0.2) is 6.29 Å². The maximum absolute atomic E-state index is 14.1. The Balaban J connectivity index is 1.39. The number of aldehydes is 1. The fraction of sp³-hybridized carbons (Fsp3) is 0.562. The lowest BCUT2D eigenvalue weighted by Crippen LogP contribution is -2.58. The number of nitrogens with zero attached hydrogens (tertiary/aromatic N) is 3. The number of hydrogen-bond donors (Lipinski definition) is 1. The number of rotatable bonds is 6. The molecule has 7 nitrogen and oxygen atoms in total. The minimum Gasteiger partial charge on any atom is -0.328 e. The normalized spacial score (nSPS) is 29.4. The van der Waals surface area contributed by atoms with E-state index in [1.807, 2.05) is 28.8 Å². The van der Waals surface area contributed by atoms with Crippen molar-refractivity contribution in [2.75, 3.05) is 0 Å². The Morgan fingerprint density at radius 2 is 1.62 bits per heavy atom. The van der Waals surface area contributed by atoms with E-state index in [1.165, 1.54) is 63.6 Å². The largest absolute Gasteiger partial charge is 0.328 e. The third kappa shape index (κ3) is 4.79. The number of para-hydroxylation sites is 2. The van der Waals surface area contributed by atoms with Crippen LogP contribution in [-0.2, 0) is 0 Å². The topological polar surface area (TPSA) is 88.1 Å². The molecule has 1 saturated carbocycles. The predicted molar refractivity (Wildman–Crippen MR) is 154 cm³/mol. The Morgan fingerprint density at radius 3 is 2.28 bits per heavy atom. The highest BCUT2D eigenvalue weighted by molar-refractivity contribution is 5.80. The maximum Gasteiger partial charge on any atom is 0.277 e. The Kier molecular flexibility index (Phi) is 7.27. The second kappa shape index (κ2) is 10.8. The van der Waals surface area contributed by atoms with Gasteiger partial charge in [-0.15, -0.1) is 0 Å². The van der Waals surface area contributed by atoms with Crippen molar-refractivity contribution < 1.29 is 4.79 Å². The highest BCUT2D eigenvalue weighted by atomic mass is 16.1. The Morgan fingerprint density at radius 1 is 0.923 bits per heavy atom. The van der Waals surface area contributed by atoms with E-state index in [4.69, 9.17) is 4.98 Å². The summed E-state index contributed by atoms with van der Waals surface area (Å²) in [6, 6.07) is 11.1. The minimum absolute atomic E-state index is 0.000465. The van der Waals surface area contributed by atoms with E-state index in [2.05, 4.69) is 23.7 Å². The van der Waals surface area contributed by atoms with Crippen molar-refractivity contribution in [2.45, 2.75) is 102 Å². The fourth-order valence-corrected chi connectivity index (χ4v) is 8.07. The molecule has 39 heavy (non-hydrogen) atoms. The van der Waals surface area contributed by atoms with Crippen LogP contribution in [0.15, 0.2) is 46.1 Å². The third-order valence-corrected chi connectivity index (χ3v) is 9.95. The van der Waals surface area contributed by atoms with Crippen LogP contribution in [0.25, 0.3) is 22.3 Å². The van der Waals surface area contributed by atoms with Crippen LogP contribution in [0.2, 0.25) is 0 Å². The molecule has 7 heteroatoms. The monoisotopic (exact) mass is 528 g/mol. The molecule has 3 fully saturated rings. The van der Waals surface area contributed by atoms with E-state index in [0.29, 0.717) is 30.0 Å². The van der Waals surface area contributed by atoms with Gasteiger partial charge < -0.3 is 9.55 Å². The van der Waals surface area contributed by atoms with Crippen molar-refractivity contribution in [2.24, 2.45) is 11.8 Å². The molecule has 4 atom stereocenters. The predicted octanol–water partition coefficient (Wildman–Crippen LogP) is 5.73. The number of carbonyl (C=O) groups excluding carboxylic acids is 1. The van der Waals surface area contributed by atoms with Crippen molar-refractivity contribution in [1.82, 2.24) is 19.4 Å².